The van der Waals surface area contributed by atoms with Crippen LogP contribution in [0.2, 0.25) is 0 Å². The van der Waals surface area contributed by atoms with Gasteiger partial charge in [-0.2, -0.15) is 0 Å². The Morgan fingerprint density at radius 1 is 1.05 bits per heavy atom. The van der Waals surface area contributed by atoms with Crippen molar-refractivity contribution in [3.05, 3.63) is 101 Å². The molecule has 3 aromatic carbocycles. The molecule has 7 heteroatoms. The van der Waals surface area contributed by atoms with E-state index in [1.807, 2.05) is 67.6 Å². The van der Waals surface area contributed by atoms with Gasteiger partial charge in [0.15, 0.2) is 0 Å². The molecule has 190 valence electrons. The molecule has 2 aliphatic heterocycles. The van der Waals surface area contributed by atoms with Gasteiger partial charge in [-0.05, 0) is 53.9 Å². The minimum Gasteiger partial charge on any atom is -0.507 e. The monoisotopic (exact) mass is 499 g/mol. The summed E-state index contributed by atoms with van der Waals surface area (Å²) in [5.74, 6) is -0.232. The molecular weight excluding hydrogens is 470 g/mol. The van der Waals surface area contributed by atoms with Gasteiger partial charge in [0.1, 0.15) is 30.0 Å². The van der Waals surface area contributed by atoms with Crippen molar-refractivity contribution in [3.8, 4) is 11.5 Å². The van der Waals surface area contributed by atoms with E-state index in [2.05, 4.69) is 0 Å². The maximum Gasteiger partial charge on any atom is 0.295 e. The van der Waals surface area contributed by atoms with Gasteiger partial charge in [0.05, 0.1) is 18.2 Å². The highest BCUT2D eigenvalue weighted by Crippen LogP contribution is 2.41. The Kier molecular flexibility index (Phi) is 6.97. The number of carbonyl (C=O) groups excluding carboxylic acids is 2. The highest BCUT2D eigenvalue weighted by atomic mass is 16.5. The lowest BCUT2D eigenvalue weighted by molar-refractivity contribution is -0.140. The van der Waals surface area contributed by atoms with E-state index in [1.54, 1.807) is 12.1 Å². The van der Waals surface area contributed by atoms with Crippen LogP contribution >= 0.6 is 0 Å². The molecule has 1 fully saturated rings. The average Bonchev–Trinajstić information content (AvgIpc) is 3.41. The van der Waals surface area contributed by atoms with Crippen LogP contribution in [0.25, 0.3) is 5.76 Å². The zero-order valence-electron chi connectivity index (χ0n) is 20.8. The predicted octanol–water partition coefficient (Wildman–Crippen LogP) is 4.66. The van der Waals surface area contributed by atoms with Crippen molar-refractivity contribution in [1.82, 2.24) is 4.90 Å². The number of amides is 1. The fourth-order valence-electron chi connectivity index (χ4n) is 4.89. The number of hydrogen-bond donors (Lipinski definition) is 1. The molecule has 0 aromatic heterocycles. The number of methoxy groups -OCH3 is 1. The van der Waals surface area contributed by atoms with Gasteiger partial charge in [-0.3, -0.25) is 9.59 Å². The molecule has 7 nitrogen and oxygen atoms in total. The third-order valence-corrected chi connectivity index (χ3v) is 6.67. The summed E-state index contributed by atoms with van der Waals surface area (Å²) >= 11 is 0. The lowest BCUT2D eigenvalue weighted by Crippen LogP contribution is -2.32. The van der Waals surface area contributed by atoms with Gasteiger partial charge in [-0.25, -0.2) is 0 Å². The zero-order chi connectivity index (χ0) is 25.9. The maximum atomic E-state index is 13.3. The minimum absolute atomic E-state index is 0.0469. The molecule has 0 saturated carbocycles. The predicted molar refractivity (Wildman–Crippen MR) is 138 cm³/mol. The molecule has 0 aliphatic carbocycles. The van der Waals surface area contributed by atoms with E-state index in [1.165, 1.54) is 12.0 Å². The van der Waals surface area contributed by atoms with Crippen molar-refractivity contribution in [3.63, 3.8) is 0 Å². The number of aliphatic hydroxyl groups is 1. The summed E-state index contributed by atoms with van der Waals surface area (Å²) in [5.41, 5.74) is 3.17. The van der Waals surface area contributed by atoms with Crippen molar-refractivity contribution in [2.45, 2.75) is 32.1 Å². The van der Waals surface area contributed by atoms with Crippen LogP contribution in [0.15, 0.2) is 78.4 Å². The van der Waals surface area contributed by atoms with Gasteiger partial charge in [0, 0.05) is 25.6 Å². The van der Waals surface area contributed by atoms with Crippen molar-refractivity contribution in [2.75, 3.05) is 20.3 Å². The average molecular weight is 500 g/mol. The van der Waals surface area contributed by atoms with Crippen LogP contribution in [-0.4, -0.2) is 48.1 Å². The molecule has 0 radical (unpaired) electrons. The van der Waals surface area contributed by atoms with Gasteiger partial charge in [0.2, 0.25) is 0 Å². The number of ether oxygens (including phenoxy) is 3. The Hall–Kier alpha value is -4.10. The molecule has 1 N–H and O–H groups in total. The summed E-state index contributed by atoms with van der Waals surface area (Å²) in [6.07, 6.45) is 0.758. The third kappa shape index (κ3) is 4.95. The first-order valence-corrected chi connectivity index (χ1v) is 12.3. The Morgan fingerprint density at radius 2 is 1.86 bits per heavy atom. The van der Waals surface area contributed by atoms with Crippen LogP contribution in [0.4, 0.5) is 0 Å². The van der Waals surface area contributed by atoms with Gasteiger partial charge < -0.3 is 24.2 Å². The second kappa shape index (κ2) is 10.5. The standard InChI is InChI=1S/C30H29NO6/c1-19-15-23-16-22(11-12-25(23)37-19)28(32)26-27(31(13-14-35-2)30(34)29(26)33)21-9-6-10-24(17-21)36-18-20-7-4-3-5-8-20/h3-12,16-17,19,27,32H,13-15,18H2,1-2H3/b28-26-. The number of hydrogen-bond acceptors (Lipinski definition) is 6. The smallest absolute Gasteiger partial charge is 0.295 e. The van der Waals surface area contributed by atoms with Gasteiger partial charge >= 0.3 is 0 Å². The Labute approximate surface area is 215 Å². The number of aliphatic hydroxyl groups excluding tert-OH is 1. The summed E-state index contributed by atoms with van der Waals surface area (Å²) in [5, 5.41) is 11.4. The summed E-state index contributed by atoms with van der Waals surface area (Å²) < 4.78 is 17.0. The topological polar surface area (TPSA) is 85.3 Å². The fraction of sp³-hybridized carbons (Fsp3) is 0.267. The van der Waals surface area contributed by atoms with Crippen LogP contribution in [0, 0.1) is 0 Å². The highest BCUT2D eigenvalue weighted by molar-refractivity contribution is 6.46. The highest BCUT2D eigenvalue weighted by Gasteiger charge is 2.46. The van der Waals surface area contributed by atoms with Crippen molar-refractivity contribution in [1.29, 1.82) is 0 Å². The molecule has 0 bridgehead atoms. The van der Waals surface area contributed by atoms with E-state index in [0.29, 0.717) is 29.9 Å². The molecular formula is C30H29NO6. The number of likely N-dealkylation sites (tertiary alicyclic amines) is 1. The number of carbonyl (C=O) groups is 2. The van der Waals surface area contributed by atoms with E-state index in [4.69, 9.17) is 14.2 Å². The Morgan fingerprint density at radius 3 is 2.65 bits per heavy atom. The SMILES string of the molecule is COCCN1C(=O)C(=O)/C(=C(\O)c2ccc3c(c2)CC(C)O3)C1c1cccc(OCc2ccccc2)c1. The van der Waals surface area contributed by atoms with Crippen LogP contribution < -0.4 is 9.47 Å². The largest absolute Gasteiger partial charge is 0.507 e. The summed E-state index contributed by atoms with van der Waals surface area (Å²) in [4.78, 5) is 27.8. The number of nitrogens with zero attached hydrogens (tertiary/aromatic N) is 1. The number of ketones is 1. The number of fused-ring (bicyclic) bond motifs is 1. The first kappa shape index (κ1) is 24.6. The molecule has 3 aromatic rings. The number of rotatable bonds is 8. The lowest BCUT2D eigenvalue weighted by atomic mass is 9.94. The maximum absolute atomic E-state index is 13.3. The van der Waals surface area contributed by atoms with E-state index >= 15 is 0 Å². The van der Waals surface area contributed by atoms with E-state index in [9.17, 15) is 14.7 Å². The Balaban J connectivity index is 1.53. The van der Waals surface area contributed by atoms with Crippen molar-refractivity contribution in [2.24, 2.45) is 0 Å². The van der Waals surface area contributed by atoms with Crippen molar-refractivity contribution < 1.29 is 28.9 Å². The van der Waals surface area contributed by atoms with E-state index < -0.39 is 17.7 Å². The summed E-state index contributed by atoms with van der Waals surface area (Å²) in [6, 6.07) is 21.6. The molecule has 1 amide bonds. The molecule has 1 saturated heterocycles. The first-order chi connectivity index (χ1) is 18.0. The normalized spacial score (nSPS) is 20.1. The lowest BCUT2D eigenvalue weighted by Gasteiger charge is -2.25. The number of Topliss-reactive ketones (excluding diaryl/α,β-unsaturated/α-hetero) is 1. The molecule has 37 heavy (non-hydrogen) atoms. The van der Waals surface area contributed by atoms with Crippen LogP contribution in [0.1, 0.15) is 35.2 Å². The molecule has 0 spiro atoms. The second-order valence-electron chi connectivity index (χ2n) is 9.29. The van der Waals surface area contributed by atoms with Crippen LogP contribution in [0.5, 0.6) is 11.5 Å². The zero-order valence-corrected chi connectivity index (χ0v) is 20.8. The number of benzene rings is 3. The fourth-order valence-corrected chi connectivity index (χ4v) is 4.89. The van der Waals surface area contributed by atoms with E-state index in [0.717, 1.165) is 16.9 Å². The van der Waals surface area contributed by atoms with Gasteiger partial charge in [-0.15, -0.1) is 0 Å². The third-order valence-electron chi connectivity index (χ3n) is 6.67. The van der Waals surface area contributed by atoms with Crippen LogP contribution in [-0.2, 0) is 27.4 Å². The molecule has 5 rings (SSSR count). The molecule has 2 aliphatic rings. The van der Waals surface area contributed by atoms with Crippen molar-refractivity contribution >= 4 is 17.4 Å². The van der Waals surface area contributed by atoms with Crippen LogP contribution in [0.3, 0.4) is 0 Å². The first-order valence-electron chi connectivity index (χ1n) is 12.3. The molecule has 2 atom stereocenters. The van der Waals surface area contributed by atoms with Gasteiger partial charge in [0.25, 0.3) is 11.7 Å². The van der Waals surface area contributed by atoms with Gasteiger partial charge in [-0.1, -0.05) is 42.5 Å². The molecule has 2 heterocycles. The summed E-state index contributed by atoms with van der Waals surface area (Å²) in [7, 11) is 1.54. The second-order valence-corrected chi connectivity index (χ2v) is 9.29. The quantitative estimate of drug-likeness (QED) is 0.276. The van der Waals surface area contributed by atoms with E-state index in [-0.39, 0.29) is 30.6 Å². The Bertz CT molecular complexity index is 1350. The molecule has 2 unspecified atom stereocenters. The minimum atomic E-state index is -0.779. The summed E-state index contributed by atoms with van der Waals surface area (Å²) in [6.45, 7) is 2.81.